The Morgan fingerprint density at radius 1 is 1.43 bits per heavy atom. The van der Waals surface area contributed by atoms with Crippen LogP contribution in [0.15, 0.2) is 23.1 Å². The van der Waals surface area contributed by atoms with E-state index < -0.39 is 10.1 Å². The Kier molecular flexibility index (Phi) is 2.20. The fraction of sp³-hybridized carbons (Fsp3) is 0. The molecule has 14 heavy (non-hydrogen) atoms. The minimum atomic E-state index is -4.18. The molecule has 0 aliphatic heterocycles. The first-order valence-electron chi connectivity index (χ1n) is 3.44. The number of fused-ring (bicyclic) bond motifs is 1. The Bertz CT molecular complexity index is 591. The zero-order valence-corrected chi connectivity index (χ0v) is 8.85. The van der Waals surface area contributed by atoms with Crippen molar-refractivity contribution in [2.75, 3.05) is 0 Å². The quantitative estimate of drug-likeness (QED) is 0.591. The average Bonchev–Trinajstić information content (AvgIpc) is 2.46. The number of hydrogen-bond donors (Lipinski definition) is 1. The van der Waals surface area contributed by atoms with Crippen LogP contribution in [0.4, 0.5) is 0 Å². The molecule has 1 N–H and O–H groups in total. The summed E-state index contributed by atoms with van der Waals surface area (Å²) in [5, 5.41) is 7.31. The van der Waals surface area contributed by atoms with Gasteiger partial charge in [-0.2, -0.15) is 0 Å². The fourth-order valence-electron chi connectivity index (χ4n) is 1.02. The van der Waals surface area contributed by atoms with Crippen LogP contribution >= 0.6 is 0 Å². The molecule has 8 heteroatoms. The number of hydrogen-bond acceptors (Lipinski definition) is 4. The first kappa shape index (κ1) is 9.81. The van der Waals surface area contributed by atoms with Gasteiger partial charge in [-0.3, -0.25) is 0 Å². The summed E-state index contributed by atoms with van der Waals surface area (Å²) in [7, 11) is -4.18. The summed E-state index contributed by atoms with van der Waals surface area (Å²) < 4.78 is 31.6. The van der Waals surface area contributed by atoms with Crippen LogP contribution in [0.25, 0.3) is 11.0 Å². The molecular weight excluding hydrogens is 302 g/mol. The van der Waals surface area contributed by atoms with Crippen LogP contribution in [0.2, 0.25) is 0 Å². The molecule has 1 aromatic heterocycles. The van der Waals surface area contributed by atoms with E-state index >= 15 is 0 Å². The zero-order chi connectivity index (χ0) is 10.3. The molecule has 0 amide bonds. The molecule has 2 rings (SSSR count). The van der Waals surface area contributed by atoms with Gasteiger partial charge in [-0.25, -0.2) is 0 Å². The summed E-state index contributed by atoms with van der Waals surface area (Å²) in [6.45, 7) is 0. The first-order chi connectivity index (χ1) is 6.48. The van der Waals surface area contributed by atoms with E-state index in [0.29, 0.717) is 11.0 Å². The molecule has 78 valence electrons. The summed E-state index contributed by atoms with van der Waals surface area (Å²) in [6.07, 6.45) is 0. The van der Waals surface area contributed by atoms with Gasteiger partial charge in [0.05, 0.1) is 0 Å². The van der Waals surface area contributed by atoms with E-state index in [-0.39, 0.29) is 4.90 Å². The number of nitrogens with zero attached hydrogens (tertiary/aromatic N) is 3. The monoisotopic (exact) mass is 305 g/mol. The molecule has 1 heterocycles. The van der Waals surface area contributed by atoms with Crippen molar-refractivity contribution in [3.05, 3.63) is 18.2 Å². The van der Waals surface area contributed by atoms with Gasteiger partial charge < -0.3 is 0 Å². The van der Waals surface area contributed by atoms with Gasteiger partial charge in [-0.1, -0.05) is 0 Å². The van der Waals surface area contributed by atoms with Crippen LogP contribution in [0.5, 0.6) is 0 Å². The second-order valence-corrected chi connectivity index (χ2v) is 4.59. The maximum absolute atomic E-state index is 10.8. The summed E-state index contributed by atoms with van der Waals surface area (Å²) >= 11 is 3.09. The summed E-state index contributed by atoms with van der Waals surface area (Å²) in [6, 6.07) is 4.01. The van der Waals surface area contributed by atoms with Gasteiger partial charge in [0.1, 0.15) is 0 Å². The van der Waals surface area contributed by atoms with Crippen molar-refractivity contribution < 1.29 is 34.3 Å². The van der Waals surface area contributed by atoms with Crippen molar-refractivity contribution in [3.8, 4) is 0 Å². The van der Waals surface area contributed by atoms with Gasteiger partial charge in [0.15, 0.2) is 0 Å². The Labute approximate surface area is 91.9 Å². The number of rotatable bonds is 1. The molecule has 0 spiro atoms. The van der Waals surface area contributed by atoms with E-state index in [0.717, 1.165) is 0 Å². The van der Waals surface area contributed by atoms with Crippen molar-refractivity contribution in [1.29, 1.82) is 0 Å². The summed E-state index contributed by atoms with van der Waals surface area (Å²) in [4.78, 5) is -0.197. The molecule has 1 aromatic carbocycles. The Hall–Kier alpha value is -0.730. The summed E-state index contributed by atoms with van der Waals surface area (Å²) in [5.74, 6) is 0. The number of benzene rings is 1. The van der Waals surface area contributed by atoms with Crippen LogP contribution in [0, 0.1) is 0 Å². The molecule has 0 atom stereocenters. The third-order valence-corrected chi connectivity index (χ3v) is 2.99. The predicted molar refractivity (Wildman–Crippen MR) is 42.7 cm³/mol. The van der Waals surface area contributed by atoms with Gasteiger partial charge in [-0.05, 0) is 0 Å². The van der Waals surface area contributed by atoms with Gasteiger partial charge in [-0.15, -0.1) is 0 Å². The number of aromatic nitrogens is 3. The van der Waals surface area contributed by atoms with E-state index in [4.69, 9.17) is 4.55 Å². The van der Waals surface area contributed by atoms with Crippen molar-refractivity contribution in [1.82, 2.24) is 13.4 Å². The summed E-state index contributed by atoms with van der Waals surface area (Å²) in [5.41, 5.74) is 1.01. The molecule has 0 bridgehead atoms. The Balaban J connectivity index is 2.76. The molecular formula is C6H4AgN3O3S. The average molecular weight is 306 g/mol. The Morgan fingerprint density at radius 3 is 2.79 bits per heavy atom. The molecule has 6 nitrogen and oxygen atoms in total. The van der Waals surface area contributed by atoms with E-state index in [9.17, 15) is 8.42 Å². The van der Waals surface area contributed by atoms with E-state index in [2.05, 4.69) is 31.6 Å². The SMILES string of the molecule is O=S(=O)(O)c1ccc2c(c1)nn[n]2[Ag]. The third kappa shape index (κ3) is 1.60. The molecule has 0 unspecified atom stereocenters. The van der Waals surface area contributed by atoms with Crippen LogP contribution in [0.1, 0.15) is 0 Å². The molecule has 0 fully saturated rings. The van der Waals surface area contributed by atoms with E-state index in [1.165, 1.54) is 21.3 Å². The molecule has 0 aliphatic carbocycles. The van der Waals surface area contributed by atoms with Crippen molar-refractivity contribution >= 4 is 21.2 Å². The van der Waals surface area contributed by atoms with Gasteiger partial charge in [0.25, 0.3) is 0 Å². The Morgan fingerprint density at radius 2 is 2.14 bits per heavy atom. The van der Waals surface area contributed by atoms with Crippen molar-refractivity contribution in [3.63, 3.8) is 0 Å². The molecule has 2 aromatic rings. The van der Waals surface area contributed by atoms with Crippen LogP contribution < -0.4 is 0 Å². The second kappa shape index (κ2) is 3.14. The standard InChI is InChI=1S/C6H4N3O3S.Ag/c10-13(11,12)4-1-2-5-6(3-4)8-9-7-5;/h1-3H,(H-,7,8,9,10,11,12);/q-1;+1. The van der Waals surface area contributed by atoms with Crippen LogP contribution in [-0.4, -0.2) is 26.4 Å². The van der Waals surface area contributed by atoms with E-state index in [1.54, 1.807) is 0 Å². The van der Waals surface area contributed by atoms with Crippen molar-refractivity contribution in [2.45, 2.75) is 4.90 Å². The molecule has 0 radical (unpaired) electrons. The third-order valence-electron chi connectivity index (χ3n) is 1.65. The molecule has 0 saturated heterocycles. The van der Waals surface area contributed by atoms with Gasteiger partial charge in [0.2, 0.25) is 0 Å². The van der Waals surface area contributed by atoms with Crippen LogP contribution in [-0.2, 0) is 31.4 Å². The topological polar surface area (TPSA) is 85.1 Å². The minimum absolute atomic E-state index is 0.197. The predicted octanol–water partition coefficient (Wildman–Crippen LogP) is -0.0121. The van der Waals surface area contributed by atoms with Crippen molar-refractivity contribution in [2.24, 2.45) is 0 Å². The van der Waals surface area contributed by atoms with Crippen LogP contribution in [0.3, 0.4) is 0 Å². The van der Waals surface area contributed by atoms with E-state index in [1.807, 2.05) is 0 Å². The normalized spacial score (nSPS) is 12.2. The molecule has 0 aliphatic rings. The molecule has 0 saturated carbocycles. The van der Waals surface area contributed by atoms with Gasteiger partial charge >= 0.3 is 91.9 Å². The second-order valence-electron chi connectivity index (χ2n) is 2.54. The zero-order valence-electron chi connectivity index (χ0n) is 6.55. The van der Waals surface area contributed by atoms with Gasteiger partial charge in [0, 0.05) is 0 Å². The first-order valence-corrected chi connectivity index (χ1v) is 5.54. The fourth-order valence-corrected chi connectivity index (χ4v) is 1.86. The maximum atomic E-state index is 10.8.